The van der Waals surface area contributed by atoms with Crippen molar-refractivity contribution in [2.75, 3.05) is 5.32 Å². The molecule has 0 radical (unpaired) electrons. The van der Waals surface area contributed by atoms with Crippen molar-refractivity contribution in [3.63, 3.8) is 0 Å². The Hall–Kier alpha value is -2.36. The van der Waals surface area contributed by atoms with Gasteiger partial charge in [0.1, 0.15) is 5.82 Å². The molecule has 2 rings (SSSR count). The number of carboxylic acids is 1. The lowest BCUT2D eigenvalue weighted by Gasteiger charge is -2.10. The maximum Gasteiger partial charge on any atom is 0.310 e. The summed E-state index contributed by atoms with van der Waals surface area (Å²) in [5.41, 5.74) is 2.74. The number of pyridine rings is 1. The van der Waals surface area contributed by atoms with Gasteiger partial charge in [0, 0.05) is 11.9 Å². The molecule has 98 valence electrons. The summed E-state index contributed by atoms with van der Waals surface area (Å²) < 4.78 is 0. The molecule has 0 saturated carbocycles. The van der Waals surface area contributed by atoms with Crippen LogP contribution in [0.5, 0.6) is 0 Å². The van der Waals surface area contributed by atoms with Crippen molar-refractivity contribution in [3.05, 3.63) is 53.7 Å². The molecule has 0 amide bonds. The Morgan fingerprint density at radius 3 is 2.53 bits per heavy atom. The van der Waals surface area contributed by atoms with E-state index in [-0.39, 0.29) is 0 Å². The number of nitrogens with zero attached hydrogens (tertiary/aromatic N) is 1. The monoisotopic (exact) mass is 256 g/mol. The van der Waals surface area contributed by atoms with Crippen LogP contribution >= 0.6 is 0 Å². The summed E-state index contributed by atoms with van der Waals surface area (Å²) in [5, 5.41) is 12.2. The quantitative estimate of drug-likeness (QED) is 0.880. The molecule has 4 heteroatoms. The van der Waals surface area contributed by atoms with Crippen LogP contribution in [-0.4, -0.2) is 16.1 Å². The SMILES string of the molecule is Cc1cccnc1Nc1ccc([C@H](C)C(=O)O)cc1. The number of aliphatic carboxylic acids is 1. The summed E-state index contributed by atoms with van der Waals surface area (Å²) in [5.74, 6) is -0.506. The highest BCUT2D eigenvalue weighted by molar-refractivity contribution is 5.75. The summed E-state index contributed by atoms with van der Waals surface area (Å²) in [6.45, 7) is 3.66. The van der Waals surface area contributed by atoms with Crippen molar-refractivity contribution in [2.45, 2.75) is 19.8 Å². The fraction of sp³-hybridized carbons (Fsp3) is 0.200. The van der Waals surface area contributed by atoms with Crippen LogP contribution in [-0.2, 0) is 4.79 Å². The van der Waals surface area contributed by atoms with Gasteiger partial charge in [-0.25, -0.2) is 4.98 Å². The third-order valence-corrected chi connectivity index (χ3v) is 3.05. The topological polar surface area (TPSA) is 62.2 Å². The van der Waals surface area contributed by atoms with E-state index in [2.05, 4.69) is 10.3 Å². The smallest absolute Gasteiger partial charge is 0.310 e. The van der Waals surface area contributed by atoms with Crippen LogP contribution < -0.4 is 5.32 Å². The lowest BCUT2D eigenvalue weighted by atomic mass is 10.0. The molecule has 4 nitrogen and oxygen atoms in total. The van der Waals surface area contributed by atoms with Gasteiger partial charge in [-0.2, -0.15) is 0 Å². The number of aromatic nitrogens is 1. The van der Waals surface area contributed by atoms with Crippen molar-refractivity contribution in [1.29, 1.82) is 0 Å². The molecule has 0 fully saturated rings. The van der Waals surface area contributed by atoms with Crippen molar-refractivity contribution < 1.29 is 9.90 Å². The Bertz CT molecular complexity index is 579. The second-order valence-electron chi connectivity index (χ2n) is 4.48. The van der Waals surface area contributed by atoms with E-state index in [4.69, 9.17) is 5.11 Å². The molecule has 1 aromatic carbocycles. The minimum absolute atomic E-state index is 0.495. The maximum atomic E-state index is 10.9. The fourth-order valence-corrected chi connectivity index (χ4v) is 1.75. The van der Waals surface area contributed by atoms with E-state index in [0.717, 1.165) is 22.6 Å². The molecule has 1 aromatic heterocycles. The standard InChI is InChI=1S/C15H16N2O2/c1-10-4-3-9-16-14(10)17-13-7-5-12(6-8-13)11(2)15(18)19/h3-9,11H,1-2H3,(H,16,17)(H,18,19)/t11-/m0/s1. The lowest BCUT2D eigenvalue weighted by Crippen LogP contribution is -2.07. The predicted molar refractivity (Wildman–Crippen MR) is 74.7 cm³/mol. The average molecular weight is 256 g/mol. The Kier molecular flexibility index (Phi) is 3.80. The molecular formula is C15H16N2O2. The Balaban J connectivity index is 2.15. The van der Waals surface area contributed by atoms with Crippen LogP contribution in [0.2, 0.25) is 0 Å². The molecule has 2 aromatic rings. The number of aryl methyl sites for hydroxylation is 1. The van der Waals surface area contributed by atoms with Gasteiger partial charge in [-0.15, -0.1) is 0 Å². The molecule has 1 heterocycles. The molecule has 0 saturated heterocycles. The first-order valence-corrected chi connectivity index (χ1v) is 6.09. The highest BCUT2D eigenvalue weighted by Crippen LogP contribution is 2.21. The maximum absolute atomic E-state index is 10.9. The third-order valence-electron chi connectivity index (χ3n) is 3.05. The zero-order valence-electron chi connectivity index (χ0n) is 10.9. The van der Waals surface area contributed by atoms with E-state index in [1.807, 2.05) is 43.3 Å². The second kappa shape index (κ2) is 5.52. The summed E-state index contributed by atoms with van der Waals surface area (Å²) in [6, 6.07) is 11.2. The minimum Gasteiger partial charge on any atom is -0.481 e. The van der Waals surface area contributed by atoms with Crippen LogP contribution in [0.3, 0.4) is 0 Å². The van der Waals surface area contributed by atoms with Gasteiger partial charge in [0.15, 0.2) is 0 Å². The van der Waals surface area contributed by atoms with E-state index in [0.29, 0.717) is 0 Å². The van der Waals surface area contributed by atoms with Crippen LogP contribution in [0.1, 0.15) is 24.0 Å². The normalized spacial score (nSPS) is 11.9. The van der Waals surface area contributed by atoms with Crippen LogP contribution in [0.4, 0.5) is 11.5 Å². The highest BCUT2D eigenvalue weighted by atomic mass is 16.4. The number of hydrogen-bond acceptors (Lipinski definition) is 3. The zero-order valence-corrected chi connectivity index (χ0v) is 10.9. The number of nitrogens with one attached hydrogen (secondary N) is 1. The number of benzene rings is 1. The number of hydrogen-bond donors (Lipinski definition) is 2. The molecule has 0 aliphatic heterocycles. The first kappa shape index (κ1) is 13.1. The van der Waals surface area contributed by atoms with E-state index >= 15 is 0 Å². The Labute approximate surface area is 112 Å². The molecule has 0 aliphatic carbocycles. The van der Waals surface area contributed by atoms with E-state index in [9.17, 15) is 4.79 Å². The van der Waals surface area contributed by atoms with Gasteiger partial charge >= 0.3 is 5.97 Å². The van der Waals surface area contributed by atoms with Crippen LogP contribution in [0.25, 0.3) is 0 Å². The molecule has 2 N–H and O–H groups in total. The van der Waals surface area contributed by atoms with Gasteiger partial charge in [-0.1, -0.05) is 18.2 Å². The second-order valence-corrected chi connectivity index (χ2v) is 4.48. The summed E-state index contributed by atoms with van der Waals surface area (Å²) in [7, 11) is 0. The Morgan fingerprint density at radius 2 is 1.95 bits per heavy atom. The molecule has 0 spiro atoms. The average Bonchev–Trinajstić information content (AvgIpc) is 2.41. The first-order valence-electron chi connectivity index (χ1n) is 6.09. The summed E-state index contributed by atoms with van der Waals surface area (Å²) in [6.07, 6.45) is 1.73. The third kappa shape index (κ3) is 3.10. The predicted octanol–water partition coefficient (Wildman–Crippen LogP) is 3.32. The first-order chi connectivity index (χ1) is 9.08. The largest absolute Gasteiger partial charge is 0.481 e. The van der Waals surface area contributed by atoms with Gasteiger partial charge in [0.25, 0.3) is 0 Å². The molecule has 0 unspecified atom stereocenters. The van der Waals surface area contributed by atoms with Crippen molar-refractivity contribution in [1.82, 2.24) is 4.98 Å². The van der Waals surface area contributed by atoms with Gasteiger partial charge < -0.3 is 10.4 Å². The van der Waals surface area contributed by atoms with Crippen molar-refractivity contribution >= 4 is 17.5 Å². The summed E-state index contributed by atoms with van der Waals surface area (Å²) >= 11 is 0. The number of carboxylic acid groups (broad SMARTS) is 1. The van der Waals surface area contributed by atoms with Gasteiger partial charge in [-0.3, -0.25) is 4.79 Å². The van der Waals surface area contributed by atoms with E-state index in [1.165, 1.54) is 0 Å². The summed E-state index contributed by atoms with van der Waals surface area (Å²) in [4.78, 5) is 15.1. The molecule has 1 atom stereocenters. The zero-order chi connectivity index (χ0) is 13.8. The Morgan fingerprint density at radius 1 is 1.26 bits per heavy atom. The fourth-order valence-electron chi connectivity index (χ4n) is 1.75. The van der Waals surface area contributed by atoms with E-state index < -0.39 is 11.9 Å². The number of rotatable bonds is 4. The van der Waals surface area contributed by atoms with Gasteiger partial charge in [-0.05, 0) is 43.2 Å². The van der Waals surface area contributed by atoms with Crippen LogP contribution in [0.15, 0.2) is 42.6 Å². The number of anilines is 2. The van der Waals surface area contributed by atoms with Crippen LogP contribution in [0, 0.1) is 6.92 Å². The van der Waals surface area contributed by atoms with Gasteiger partial charge in [0.05, 0.1) is 5.92 Å². The molecular weight excluding hydrogens is 240 g/mol. The molecule has 19 heavy (non-hydrogen) atoms. The van der Waals surface area contributed by atoms with Crippen molar-refractivity contribution in [2.24, 2.45) is 0 Å². The minimum atomic E-state index is -0.818. The van der Waals surface area contributed by atoms with E-state index in [1.54, 1.807) is 13.1 Å². The van der Waals surface area contributed by atoms with Crippen molar-refractivity contribution in [3.8, 4) is 0 Å². The number of carbonyl (C=O) groups is 1. The molecule has 0 bridgehead atoms. The molecule has 0 aliphatic rings. The van der Waals surface area contributed by atoms with Gasteiger partial charge in [0.2, 0.25) is 0 Å². The highest BCUT2D eigenvalue weighted by Gasteiger charge is 2.13. The lowest BCUT2D eigenvalue weighted by molar-refractivity contribution is -0.138.